The van der Waals surface area contributed by atoms with Gasteiger partial charge in [-0.1, -0.05) is 0 Å². The Morgan fingerprint density at radius 1 is 1.47 bits per heavy atom. The van der Waals surface area contributed by atoms with Crippen LogP contribution in [0.2, 0.25) is 0 Å². The van der Waals surface area contributed by atoms with Crippen LogP contribution in [-0.4, -0.2) is 64.4 Å². The number of amides is 1. The van der Waals surface area contributed by atoms with E-state index in [1.165, 1.54) is 0 Å². The fraction of sp³-hybridized carbons (Fsp3) is 0.750. The summed E-state index contributed by atoms with van der Waals surface area (Å²) < 4.78 is 5.34. The van der Waals surface area contributed by atoms with Gasteiger partial charge < -0.3 is 10.1 Å². The third kappa shape index (κ3) is 3.51. The predicted octanol–water partition coefficient (Wildman–Crippen LogP) is -0.0463. The monoisotopic (exact) mass is 267 g/mol. The highest BCUT2D eigenvalue weighted by atomic mass is 16.5. The Kier molecular flexibility index (Phi) is 4.16. The Hall–Kier alpha value is -1.47. The first kappa shape index (κ1) is 14.0. The molecule has 0 unspecified atom stereocenters. The third-order valence-electron chi connectivity index (χ3n) is 3.35. The molecule has 106 valence electrons. The summed E-state index contributed by atoms with van der Waals surface area (Å²) in [4.78, 5) is 18.2. The van der Waals surface area contributed by atoms with Crippen LogP contribution in [0.15, 0.2) is 0 Å². The number of H-pyrrole nitrogens is 1. The van der Waals surface area contributed by atoms with Crippen LogP contribution in [0.1, 0.15) is 30.3 Å². The van der Waals surface area contributed by atoms with Crippen molar-refractivity contribution in [2.24, 2.45) is 0 Å². The second kappa shape index (κ2) is 5.66. The number of hydrogen-bond acceptors (Lipinski definition) is 5. The number of nitrogens with zero attached hydrogens (tertiary/aromatic N) is 3. The number of rotatable bonds is 4. The number of aromatic amines is 1. The number of morpholine rings is 1. The first-order chi connectivity index (χ1) is 8.99. The number of hydrogen-bond donors (Lipinski definition) is 2. The summed E-state index contributed by atoms with van der Waals surface area (Å²) >= 11 is 0. The minimum atomic E-state index is -0.245. The van der Waals surface area contributed by atoms with E-state index >= 15 is 0 Å². The molecule has 0 spiro atoms. The predicted molar refractivity (Wildman–Crippen MR) is 69.9 cm³/mol. The van der Waals surface area contributed by atoms with Gasteiger partial charge in [-0.05, 0) is 20.8 Å². The average Bonchev–Trinajstić information content (AvgIpc) is 2.84. The average molecular weight is 267 g/mol. The van der Waals surface area contributed by atoms with Gasteiger partial charge in [0.2, 0.25) is 5.82 Å². The van der Waals surface area contributed by atoms with Crippen molar-refractivity contribution in [2.45, 2.75) is 26.3 Å². The van der Waals surface area contributed by atoms with Crippen LogP contribution in [0.25, 0.3) is 0 Å². The Bertz CT molecular complexity index is 437. The first-order valence-corrected chi connectivity index (χ1v) is 6.49. The quantitative estimate of drug-likeness (QED) is 0.799. The molecular weight excluding hydrogens is 246 g/mol. The zero-order valence-electron chi connectivity index (χ0n) is 11.7. The minimum absolute atomic E-state index is 0.106. The molecule has 0 aromatic carbocycles. The minimum Gasteiger partial charge on any atom is -0.379 e. The Labute approximate surface area is 112 Å². The number of carbonyl (C=O) groups excluding carboxylic acids is 1. The summed E-state index contributed by atoms with van der Waals surface area (Å²) in [6.45, 7) is 9.82. The van der Waals surface area contributed by atoms with Gasteiger partial charge in [0.15, 0.2) is 0 Å². The van der Waals surface area contributed by atoms with Crippen LogP contribution in [0.3, 0.4) is 0 Å². The molecule has 0 aliphatic carbocycles. The van der Waals surface area contributed by atoms with Gasteiger partial charge in [0.1, 0.15) is 5.82 Å². The van der Waals surface area contributed by atoms with Gasteiger partial charge in [0.05, 0.1) is 13.2 Å². The molecule has 1 amide bonds. The van der Waals surface area contributed by atoms with E-state index in [0.717, 1.165) is 26.3 Å². The molecule has 0 saturated carbocycles. The summed E-state index contributed by atoms with van der Waals surface area (Å²) in [5, 5.41) is 9.39. The van der Waals surface area contributed by atoms with E-state index in [9.17, 15) is 4.79 Å². The van der Waals surface area contributed by atoms with E-state index in [1.54, 1.807) is 6.92 Å². The number of carbonyl (C=O) groups is 1. The van der Waals surface area contributed by atoms with Crippen LogP contribution in [-0.2, 0) is 4.74 Å². The molecular formula is C12H21N5O2. The normalized spacial score (nSPS) is 17.4. The molecule has 1 aliphatic heterocycles. The molecule has 7 nitrogen and oxygen atoms in total. The zero-order chi connectivity index (χ0) is 13.9. The van der Waals surface area contributed by atoms with Crippen molar-refractivity contribution in [3.05, 3.63) is 11.6 Å². The lowest BCUT2D eigenvalue weighted by molar-refractivity contribution is -0.00926. The second-order valence-corrected chi connectivity index (χ2v) is 5.34. The van der Waals surface area contributed by atoms with Crippen molar-refractivity contribution in [3.63, 3.8) is 0 Å². The SMILES string of the molecule is Cc1nc(C(=O)NCC(C)(C)N2CCOCC2)n[nH]1. The molecule has 1 saturated heterocycles. The van der Waals surface area contributed by atoms with Crippen molar-refractivity contribution in [3.8, 4) is 0 Å². The maximum absolute atomic E-state index is 11.9. The Morgan fingerprint density at radius 2 is 2.16 bits per heavy atom. The van der Waals surface area contributed by atoms with E-state index in [4.69, 9.17) is 4.74 Å². The summed E-state index contributed by atoms with van der Waals surface area (Å²) in [6, 6.07) is 0. The first-order valence-electron chi connectivity index (χ1n) is 6.49. The molecule has 0 atom stereocenters. The molecule has 19 heavy (non-hydrogen) atoms. The number of nitrogens with one attached hydrogen (secondary N) is 2. The third-order valence-corrected chi connectivity index (χ3v) is 3.35. The van der Waals surface area contributed by atoms with Gasteiger partial charge in [-0.25, -0.2) is 4.98 Å². The highest BCUT2D eigenvalue weighted by molar-refractivity contribution is 5.90. The standard InChI is InChI=1S/C12H21N5O2/c1-9-14-10(16-15-9)11(18)13-8-12(2,3)17-4-6-19-7-5-17/h4-8H2,1-3H3,(H,13,18)(H,14,15,16). The van der Waals surface area contributed by atoms with Crippen LogP contribution in [0.5, 0.6) is 0 Å². The van der Waals surface area contributed by atoms with Crippen LogP contribution >= 0.6 is 0 Å². The van der Waals surface area contributed by atoms with Crippen molar-refractivity contribution < 1.29 is 9.53 Å². The van der Waals surface area contributed by atoms with Crippen molar-refractivity contribution >= 4 is 5.91 Å². The molecule has 7 heteroatoms. The fourth-order valence-corrected chi connectivity index (χ4v) is 2.10. The smallest absolute Gasteiger partial charge is 0.291 e. The highest BCUT2D eigenvalue weighted by Crippen LogP contribution is 2.15. The van der Waals surface area contributed by atoms with Gasteiger partial charge in [-0.3, -0.25) is 14.8 Å². The van der Waals surface area contributed by atoms with Gasteiger partial charge in [0.25, 0.3) is 5.91 Å². The molecule has 1 aromatic rings. The molecule has 0 radical (unpaired) electrons. The second-order valence-electron chi connectivity index (χ2n) is 5.34. The van der Waals surface area contributed by atoms with Crippen molar-refractivity contribution in [2.75, 3.05) is 32.8 Å². The zero-order valence-corrected chi connectivity index (χ0v) is 11.7. The fourth-order valence-electron chi connectivity index (χ4n) is 2.10. The van der Waals surface area contributed by atoms with Gasteiger partial charge >= 0.3 is 0 Å². The molecule has 1 fully saturated rings. The van der Waals surface area contributed by atoms with E-state index in [1.807, 2.05) is 0 Å². The lowest BCUT2D eigenvalue weighted by atomic mass is 10.0. The number of ether oxygens (including phenoxy) is 1. The van der Waals surface area contributed by atoms with Gasteiger partial charge in [-0.2, -0.15) is 0 Å². The van der Waals surface area contributed by atoms with Crippen LogP contribution in [0, 0.1) is 6.92 Å². The largest absolute Gasteiger partial charge is 0.379 e. The number of aromatic nitrogens is 3. The topological polar surface area (TPSA) is 83.1 Å². The van der Waals surface area contributed by atoms with Gasteiger partial charge in [-0.15, -0.1) is 5.10 Å². The molecule has 2 N–H and O–H groups in total. The maximum atomic E-state index is 11.9. The van der Waals surface area contributed by atoms with E-state index in [-0.39, 0.29) is 17.3 Å². The molecule has 0 bridgehead atoms. The lowest BCUT2D eigenvalue weighted by Gasteiger charge is -2.40. The van der Waals surface area contributed by atoms with Crippen LogP contribution < -0.4 is 5.32 Å². The molecule has 1 aliphatic rings. The Balaban J connectivity index is 1.88. The summed E-state index contributed by atoms with van der Waals surface area (Å²) in [7, 11) is 0. The summed E-state index contributed by atoms with van der Waals surface area (Å²) in [5.41, 5.74) is -0.106. The number of aryl methyl sites for hydroxylation is 1. The van der Waals surface area contributed by atoms with Crippen molar-refractivity contribution in [1.29, 1.82) is 0 Å². The summed E-state index contributed by atoms with van der Waals surface area (Å²) in [6.07, 6.45) is 0. The van der Waals surface area contributed by atoms with Crippen molar-refractivity contribution in [1.82, 2.24) is 25.4 Å². The lowest BCUT2D eigenvalue weighted by Crippen LogP contribution is -2.55. The Morgan fingerprint density at radius 3 is 2.74 bits per heavy atom. The van der Waals surface area contributed by atoms with E-state index < -0.39 is 0 Å². The van der Waals surface area contributed by atoms with E-state index in [2.05, 4.69) is 39.2 Å². The van der Waals surface area contributed by atoms with E-state index in [0.29, 0.717) is 12.4 Å². The molecule has 2 rings (SSSR count). The molecule has 1 aromatic heterocycles. The maximum Gasteiger partial charge on any atom is 0.291 e. The van der Waals surface area contributed by atoms with Gasteiger partial charge in [0, 0.05) is 25.2 Å². The summed E-state index contributed by atoms with van der Waals surface area (Å²) in [5.74, 6) is 0.582. The molecule has 2 heterocycles. The van der Waals surface area contributed by atoms with Crippen LogP contribution in [0.4, 0.5) is 0 Å². The highest BCUT2D eigenvalue weighted by Gasteiger charge is 2.29.